The summed E-state index contributed by atoms with van der Waals surface area (Å²) in [5.41, 5.74) is 0. The molecule has 3 heterocycles. The van der Waals surface area contributed by atoms with Gasteiger partial charge in [-0.2, -0.15) is 0 Å². The maximum atomic E-state index is 9.35. The van der Waals surface area contributed by atoms with E-state index in [4.69, 9.17) is 23.7 Å². The van der Waals surface area contributed by atoms with Crippen LogP contribution >= 0.6 is 0 Å². The highest BCUT2D eigenvalue weighted by Gasteiger charge is 2.43. The highest BCUT2D eigenvalue weighted by atomic mass is 16.6. The van der Waals surface area contributed by atoms with Gasteiger partial charge in [0, 0.05) is 13.2 Å². The van der Waals surface area contributed by atoms with Crippen LogP contribution in [0.15, 0.2) is 25.3 Å². The molecule has 0 unspecified atom stereocenters. The van der Waals surface area contributed by atoms with Gasteiger partial charge in [0.15, 0.2) is 0 Å². The summed E-state index contributed by atoms with van der Waals surface area (Å²) in [5, 5.41) is 18.7. The van der Waals surface area contributed by atoms with Gasteiger partial charge in [0.25, 0.3) is 0 Å². The molecule has 0 spiro atoms. The highest BCUT2D eigenvalue weighted by Crippen LogP contribution is 2.37. The van der Waals surface area contributed by atoms with Crippen LogP contribution < -0.4 is 0 Å². The van der Waals surface area contributed by atoms with Gasteiger partial charge in [0.05, 0.1) is 62.0 Å². The Morgan fingerprint density at radius 3 is 1.42 bits per heavy atom. The predicted molar refractivity (Wildman–Crippen MR) is 126 cm³/mol. The molecule has 7 nitrogen and oxygen atoms in total. The van der Waals surface area contributed by atoms with Crippen molar-refractivity contribution in [1.82, 2.24) is 0 Å². The van der Waals surface area contributed by atoms with Crippen molar-refractivity contribution < 1.29 is 33.9 Å². The second kappa shape index (κ2) is 14.6. The van der Waals surface area contributed by atoms with E-state index < -0.39 is 0 Å². The SMILES string of the molecule is C=CCO[C@H]1CC[C@H]2O[C@H]3CC[C@@H](OCC=C)[C@H](CCCO)O[C@@H]3CC[C@@H]2O[C@@H]1CCCO. The van der Waals surface area contributed by atoms with Crippen LogP contribution in [0.25, 0.3) is 0 Å². The number of hydrogen-bond donors (Lipinski definition) is 2. The minimum absolute atomic E-state index is 0.00487. The van der Waals surface area contributed by atoms with Gasteiger partial charge in [-0.25, -0.2) is 0 Å². The molecule has 190 valence electrons. The van der Waals surface area contributed by atoms with E-state index in [-0.39, 0.29) is 62.0 Å². The maximum Gasteiger partial charge on any atom is 0.0842 e. The van der Waals surface area contributed by atoms with Crippen molar-refractivity contribution in [1.29, 1.82) is 0 Å². The van der Waals surface area contributed by atoms with Gasteiger partial charge in [-0.1, -0.05) is 12.2 Å². The predicted octanol–water partition coefficient (Wildman–Crippen LogP) is 3.32. The Balaban J connectivity index is 1.68. The lowest BCUT2D eigenvalue weighted by molar-refractivity contribution is -0.145. The van der Waals surface area contributed by atoms with E-state index >= 15 is 0 Å². The molecule has 0 saturated carbocycles. The van der Waals surface area contributed by atoms with Crippen molar-refractivity contribution in [2.45, 2.75) is 113 Å². The molecule has 0 aromatic carbocycles. The number of fused-ring (bicyclic) bond motifs is 2. The van der Waals surface area contributed by atoms with Gasteiger partial charge < -0.3 is 33.9 Å². The molecule has 3 aliphatic heterocycles. The first-order chi connectivity index (χ1) is 16.2. The molecule has 0 amide bonds. The van der Waals surface area contributed by atoms with Crippen LogP contribution in [-0.2, 0) is 23.7 Å². The maximum absolute atomic E-state index is 9.35. The molecule has 33 heavy (non-hydrogen) atoms. The van der Waals surface area contributed by atoms with Gasteiger partial charge in [-0.05, 0) is 64.2 Å². The molecular formula is C26H44O7. The minimum Gasteiger partial charge on any atom is -0.396 e. The number of hydrogen-bond acceptors (Lipinski definition) is 7. The Bertz CT molecular complexity index is 523. The van der Waals surface area contributed by atoms with E-state index in [0.717, 1.165) is 51.4 Å². The van der Waals surface area contributed by atoms with E-state index in [1.54, 1.807) is 12.2 Å². The average molecular weight is 469 g/mol. The Morgan fingerprint density at radius 1 is 0.636 bits per heavy atom. The van der Waals surface area contributed by atoms with E-state index in [1.165, 1.54) is 0 Å². The Kier molecular flexibility index (Phi) is 11.8. The summed E-state index contributed by atoms with van der Waals surface area (Å²) in [4.78, 5) is 0. The van der Waals surface area contributed by atoms with Crippen LogP contribution in [0.5, 0.6) is 0 Å². The highest BCUT2D eigenvalue weighted by molar-refractivity contribution is 4.92. The van der Waals surface area contributed by atoms with Crippen LogP contribution in [0.3, 0.4) is 0 Å². The van der Waals surface area contributed by atoms with E-state index in [1.807, 2.05) is 0 Å². The minimum atomic E-state index is -0.0477. The zero-order valence-electron chi connectivity index (χ0n) is 20.0. The van der Waals surface area contributed by atoms with Crippen molar-refractivity contribution in [2.75, 3.05) is 26.4 Å². The van der Waals surface area contributed by atoms with Gasteiger partial charge in [0.2, 0.25) is 0 Å². The number of aliphatic hydroxyl groups excluding tert-OH is 2. The van der Waals surface area contributed by atoms with Gasteiger partial charge in [-0.3, -0.25) is 0 Å². The van der Waals surface area contributed by atoms with Crippen LogP contribution in [0.2, 0.25) is 0 Å². The normalized spacial score (nSPS) is 37.2. The molecule has 3 rings (SSSR count). The van der Waals surface area contributed by atoms with E-state index in [0.29, 0.717) is 26.1 Å². The van der Waals surface area contributed by atoms with Crippen LogP contribution in [-0.4, -0.2) is 85.5 Å². The fraction of sp³-hybridized carbons (Fsp3) is 0.846. The van der Waals surface area contributed by atoms with Crippen LogP contribution in [0.4, 0.5) is 0 Å². The summed E-state index contributed by atoms with van der Waals surface area (Å²) < 4.78 is 31.9. The van der Waals surface area contributed by atoms with Crippen molar-refractivity contribution >= 4 is 0 Å². The van der Waals surface area contributed by atoms with E-state index in [9.17, 15) is 10.2 Å². The Morgan fingerprint density at radius 2 is 1.03 bits per heavy atom. The Labute approximate surface area is 199 Å². The third kappa shape index (κ3) is 7.85. The second-order valence-corrected chi connectivity index (χ2v) is 9.42. The molecule has 0 aliphatic carbocycles. The molecule has 0 radical (unpaired) electrons. The average Bonchev–Trinajstić information content (AvgIpc) is 3.17. The third-order valence-electron chi connectivity index (χ3n) is 7.06. The second-order valence-electron chi connectivity index (χ2n) is 9.42. The van der Waals surface area contributed by atoms with Crippen LogP contribution in [0.1, 0.15) is 64.2 Å². The standard InChI is InChI=1S/C26H44O7/c1-3-17-29-19-9-11-23-25(31-21(19)7-5-15-27)13-14-26-24(33-23)12-10-20(30-18-4-2)22(32-26)8-6-16-28/h3-4,19-28H,1-2,5-18H2/t19-,20+,21+,22-,23+,24-,25-,26+. The first-order valence-electron chi connectivity index (χ1n) is 12.8. The topological polar surface area (TPSA) is 86.6 Å². The third-order valence-corrected chi connectivity index (χ3v) is 7.06. The molecule has 8 atom stereocenters. The first-order valence-corrected chi connectivity index (χ1v) is 12.8. The monoisotopic (exact) mass is 468 g/mol. The number of ether oxygens (including phenoxy) is 5. The summed E-state index contributed by atoms with van der Waals surface area (Å²) in [6, 6.07) is 0. The fourth-order valence-electron chi connectivity index (χ4n) is 5.43. The lowest BCUT2D eigenvalue weighted by atomic mass is 10.0. The molecule has 0 bridgehead atoms. The molecule has 3 fully saturated rings. The molecule has 3 aliphatic rings. The molecule has 3 saturated heterocycles. The zero-order chi connectivity index (χ0) is 23.5. The number of aliphatic hydroxyl groups is 2. The zero-order valence-corrected chi connectivity index (χ0v) is 20.0. The lowest BCUT2D eigenvalue weighted by Gasteiger charge is -2.29. The van der Waals surface area contributed by atoms with Gasteiger partial charge >= 0.3 is 0 Å². The van der Waals surface area contributed by atoms with Gasteiger partial charge in [0.1, 0.15) is 0 Å². The van der Waals surface area contributed by atoms with Gasteiger partial charge in [-0.15, -0.1) is 13.2 Å². The molecular weight excluding hydrogens is 424 g/mol. The van der Waals surface area contributed by atoms with Crippen molar-refractivity contribution in [3.63, 3.8) is 0 Å². The van der Waals surface area contributed by atoms with Crippen molar-refractivity contribution in [3.05, 3.63) is 25.3 Å². The Hall–Kier alpha value is -0.800. The molecule has 0 aromatic heterocycles. The summed E-state index contributed by atoms with van der Waals surface area (Å²) >= 11 is 0. The summed E-state index contributed by atoms with van der Waals surface area (Å²) in [7, 11) is 0. The molecule has 2 N–H and O–H groups in total. The number of rotatable bonds is 12. The molecule has 0 aromatic rings. The summed E-state index contributed by atoms with van der Waals surface area (Å²) in [6.07, 6.45) is 11.7. The summed E-state index contributed by atoms with van der Waals surface area (Å²) in [6.45, 7) is 8.85. The van der Waals surface area contributed by atoms with Crippen LogP contribution in [0, 0.1) is 0 Å². The van der Waals surface area contributed by atoms with Crippen molar-refractivity contribution in [3.8, 4) is 0 Å². The largest absolute Gasteiger partial charge is 0.396 e. The van der Waals surface area contributed by atoms with Crippen molar-refractivity contribution in [2.24, 2.45) is 0 Å². The fourth-order valence-corrected chi connectivity index (χ4v) is 5.43. The smallest absolute Gasteiger partial charge is 0.0842 e. The first kappa shape index (κ1) is 26.8. The summed E-state index contributed by atoms with van der Waals surface area (Å²) in [5.74, 6) is 0. The lowest BCUT2D eigenvalue weighted by Crippen LogP contribution is -2.37. The quantitative estimate of drug-likeness (QED) is 0.425. The van der Waals surface area contributed by atoms with E-state index in [2.05, 4.69) is 13.2 Å². The molecule has 7 heteroatoms.